The van der Waals surface area contributed by atoms with Gasteiger partial charge in [0, 0.05) is 28.8 Å². The molecule has 1 aliphatic heterocycles. The molecule has 5 rings (SSSR count). The molecule has 13 heteroatoms. The van der Waals surface area contributed by atoms with Gasteiger partial charge >= 0.3 is 11.9 Å². The van der Waals surface area contributed by atoms with Crippen LogP contribution in [0, 0.1) is 17.6 Å². The van der Waals surface area contributed by atoms with Crippen LogP contribution in [0.3, 0.4) is 0 Å². The summed E-state index contributed by atoms with van der Waals surface area (Å²) in [4.78, 5) is 37.7. The molecule has 3 heterocycles. The molecule has 0 spiro atoms. The minimum atomic E-state index is -1.23. The molecule has 1 aromatic carbocycles. The molecule has 2 N–H and O–H groups in total. The third kappa shape index (κ3) is 5.30. The third-order valence-corrected chi connectivity index (χ3v) is 7.95. The van der Waals surface area contributed by atoms with E-state index in [1.165, 1.54) is 23.6 Å². The Kier molecular flexibility index (Phi) is 7.76. The summed E-state index contributed by atoms with van der Waals surface area (Å²) in [6, 6.07) is 1.20. The molecule has 0 radical (unpaired) electrons. The van der Waals surface area contributed by atoms with Crippen LogP contribution in [0.15, 0.2) is 50.6 Å². The molecule has 2 aromatic heterocycles. The first-order chi connectivity index (χ1) is 18.8. The highest BCUT2D eigenvalue weighted by Crippen LogP contribution is 2.44. The molecule has 2 aliphatic rings. The molecule has 9 nitrogen and oxygen atoms in total. The number of allylic oxidation sites excluding steroid dienone is 1. The number of aromatic nitrogens is 2. The summed E-state index contributed by atoms with van der Waals surface area (Å²) in [5, 5.41) is 14.3. The number of carbonyl (C=O) groups is 2. The zero-order valence-electron chi connectivity index (χ0n) is 20.6. The zero-order chi connectivity index (χ0) is 27.7. The van der Waals surface area contributed by atoms with E-state index in [0.29, 0.717) is 48.1 Å². The second-order valence-electron chi connectivity index (χ2n) is 9.07. The Morgan fingerprint density at radius 3 is 2.59 bits per heavy atom. The van der Waals surface area contributed by atoms with Gasteiger partial charge in [-0.2, -0.15) is 0 Å². The van der Waals surface area contributed by atoms with Crippen molar-refractivity contribution in [2.24, 2.45) is 10.9 Å². The van der Waals surface area contributed by atoms with E-state index >= 15 is 0 Å². The van der Waals surface area contributed by atoms with E-state index < -0.39 is 34.6 Å². The molecule has 39 heavy (non-hydrogen) atoms. The Balaban J connectivity index is 1.54. The summed E-state index contributed by atoms with van der Waals surface area (Å²) < 4.78 is 39.3. The topological polar surface area (TPSA) is 127 Å². The highest BCUT2D eigenvalue weighted by molar-refractivity contribution is 7.11. The number of aliphatic imine (C=N–C) groups is 1. The number of ether oxygens (including phenoxy) is 1. The van der Waals surface area contributed by atoms with Crippen LogP contribution >= 0.6 is 22.9 Å². The van der Waals surface area contributed by atoms with E-state index in [0.717, 1.165) is 6.07 Å². The number of rotatable bonds is 7. The number of amidine groups is 1. The molecule has 1 fully saturated rings. The lowest BCUT2D eigenvalue weighted by atomic mass is 9.78. The predicted molar refractivity (Wildman–Crippen MR) is 138 cm³/mol. The normalized spacial score (nSPS) is 21.3. The molecule has 0 amide bonds. The fourth-order valence-electron chi connectivity index (χ4n) is 4.95. The maximum atomic E-state index is 14.5. The van der Waals surface area contributed by atoms with Crippen molar-refractivity contribution in [1.82, 2.24) is 15.3 Å². The quantitative estimate of drug-likeness (QED) is 0.273. The molecule has 0 bridgehead atoms. The van der Waals surface area contributed by atoms with E-state index in [-0.39, 0.29) is 35.3 Å². The SMILES string of the molecule is CCOC(=O)C1=C(C2CCC(c3ncc(C(=O)O)o3)CC2)NC(c2nccs2)=NC1c1ccc(F)c(F)c1Cl. The number of carbonyl (C=O) groups excluding carboxylic acids is 1. The zero-order valence-corrected chi connectivity index (χ0v) is 22.2. The van der Waals surface area contributed by atoms with Gasteiger partial charge in [0.2, 0.25) is 5.76 Å². The van der Waals surface area contributed by atoms with Gasteiger partial charge < -0.3 is 19.6 Å². The standard InChI is InChI=1S/C26H23ClF2N4O5S/c1-2-37-26(36)17-20(12-3-5-13(6-4-12)23-31-11-16(38-23)25(34)35)32-22(24-30-9-10-39-24)33-21(17)14-7-8-15(28)19(29)18(14)27/h7-13,21H,2-6H2,1H3,(H,32,33)(H,34,35). The molecule has 1 aliphatic carbocycles. The number of aromatic carboxylic acids is 1. The number of hydrogen-bond acceptors (Lipinski definition) is 9. The van der Waals surface area contributed by atoms with Gasteiger partial charge in [0.1, 0.15) is 6.04 Å². The largest absolute Gasteiger partial charge is 0.475 e. The first-order valence-electron chi connectivity index (χ1n) is 12.3. The van der Waals surface area contributed by atoms with Crippen molar-refractivity contribution >= 4 is 40.7 Å². The average Bonchev–Trinajstić information content (AvgIpc) is 3.65. The number of thiazole rings is 1. The number of nitrogens with zero attached hydrogens (tertiary/aromatic N) is 3. The molecule has 3 aromatic rings. The number of hydrogen-bond donors (Lipinski definition) is 2. The van der Waals surface area contributed by atoms with Crippen LogP contribution in [0.4, 0.5) is 8.78 Å². The van der Waals surface area contributed by atoms with Gasteiger partial charge in [-0.3, -0.25) is 4.99 Å². The molecular formula is C26H23ClF2N4O5S. The summed E-state index contributed by atoms with van der Waals surface area (Å²) in [7, 11) is 0. The minimum Gasteiger partial charge on any atom is -0.475 e. The van der Waals surface area contributed by atoms with Crippen LogP contribution in [-0.4, -0.2) is 39.5 Å². The number of carboxylic acid groups (broad SMARTS) is 1. The van der Waals surface area contributed by atoms with Gasteiger partial charge in [0.25, 0.3) is 0 Å². The maximum absolute atomic E-state index is 14.5. The van der Waals surface area contributed by atoms with Crippen molar-refractivity contribution in [3.8, 4) is 0 Å². The second-order valence-corrected chi connectivity index (χ2v) is 10.3. The third-order valence-electron chi connectivity index (χ3n) is 6.78. The average molecular weight is 577 g/mol. The monoisotopic (exact) mass is 576 g/mol. The fraction of sp³-hybridized carbons (Fsp3) is 0.346. The van der Waals surface area contributed by atoms with Gasteiger partial charge in [-0.15, -0.1) is 11.3 Å². The lowest BCUT2D eigenvalue weighted by Crippen LogP contribution is -2.38. The first kappa shape index (κ1) is 26.9. The smallest absolute Gasteiger partial charge is 0.373 e. The summed E-state index contributed by atoms with van der Waals surface area (Å²) in [6.45, 7) is 1.77. The summed E-state index contributed by atoms with van der Waals surface area (Å²) in [5.41, 5.74) is 0.843. The molecule has 1 unspecified atom stereocenters. The van der Waals surface area contributed by atoms with Crippen LogP contribution in [0.5, 0.6) is 0 Å². The number of nitrogens with one attached hydrogen (secondary N) is 1. The number of halogens is 3. The van der Waals surface area contributed by atoms with Crippen molar-refractivity contribution in [1.29, 1.82) is 0 Å². The van der Waals surface area contributed by atoms with E-state index in [9.17, 15) is 18.4 Å². The number of oxazole rings is 1. The van der Waals surface area contributed by atoms with Crippen LogP contribution < -0.4 is 5.32 Å². The van der Waals surface area contributed by atoms with E-state index in [4.69, 9.17) is 25.9 Å². The Bertz CT molecular complexity index is 1460. The Hall–Kier alpha value is -3.64. The fourth-order valence-corrected chi connectivity index (χ4v) is 5.80. The summed E-state index contributed by atoms with van der Waals surface area (Å²) in [6.07, 6.45) is 5.24. The Morgan fingerprint density at radius 2 is 1.95 bits per heavy atom. The molecule has 204 valence electrons. The number of carboxylic acids is 1. The van der Waals surface area contributed by atoms with Crippen LogP contribution in [0.2, 0.25) is 5.02 Å². The van der Waals surface area contributed by atoms with Crippen molar-refractivity contribution in [3.63, 3.8) is 0 Å². The summed E-state index contributed by atoms with van der Waals surface area (Å²) in [5.74, 6) is -3.90. The number of benzene rings is 1. The minimum absolute atomic E-state index is 0.0897. The molecule has 1 saturated carbocycles. The van der Waals surface area contributed by atoms with Gasteiger partial charge in [-0.1, -0.05) is 17.7 Å². The van der Waals surface area contributed by atoms with Gasteiger partial charge in [-0.25, -0.2) is 28.3 Å². The van der Waals surface area contributed by atoms with Crippen molar-refractivity contribution in [2.45, 2.75) is 44.6 Å². The second kappa shape index (κ2) is 11.2. The van der Waals surface area contributed by atoms with Crippen LogP contribution in [0.25, 0.3) is 0 Å². The van der Waals surface area contributed by atoms with Crippen molar-refractivity contribution < 1.29 is 32.6 Å². The van der Waals surface area contributed by atoms with Crippen molar-refractivity contribution in [2.75, 3.05) is 6.61 Å². The number of esters is 1. The Morgan fingerprint density at radius 1 is 1.21 bits per heavy atom. The molecule has 0 saturated heterocycles. The lowest BCUT2D eigenvalue weighted by molar-refractivity contribution is -0.139. The van der Waals surface area contributed by atoms with Crippen molar-refractivity contribution in [3.05, 3.63) is 80.1 Å². The highest BCUT2D eigenvalue weighted by atomic mass is 35.5. The lowest BCUT2D eigenvalue weighted by Gasteiger charge is -2.34. The predicted octanol–water partition coefficient (Wildman–Crippen LogP) is 5.64. The van der Waals surface area contributed by atoms with Gasteiger partial charge in [-0.05, 0) is 44.6 Å². The van der Waals surface area contributed by atoms with Gasteiger partial charge in [0.05, 0.1) is 23.4 Å². The Labute approximate surface area is 230 Å². The molecule has 1 atom stereocenters. The van der Waals surface area contributed by atoms with E-state index in [1.54, 1.807) is 18.5 Å². The van der Waals surface area contributed by atoms with E-state index in [2.05, 4.69) is 20.3 Å². The highest BCUT2D eigenvalue weighted by Gasteiger charge is 2.39. The molecular weight excluding hydrogens is 554 g/mol. The van der Waals surface area contributed by atoms with Crippen LogP contribution in [0.1, 0.15) is 71.6 Å². The first-order valence-corrected chi connectivity index (χ1v) is 13.5. The summed E-state index contributed by atoms with van der Waals surface area (Å²) >= 11 is 7.57. The van der Waals surface area contributed by atoms with Gasteiger partial charge in [0.15, 0.2) is 28.4 Å². The maximum Gasteiger partial charge on any atom is 0.373 e. The van der Waals surface area contributed by atoms with Crippen LogP contribution in [-0.2, 0) is 9.53 Å². The van der Waals surface area contributed by atoms with E-state index in [1.807, 2.05) is 0 Å².